The Bertz CT molecular complexity index is 336. The number of benzene rings is 1. The molecule has 0 radical (unpaired) electrons. The van der Waals surface area contributed by atoms with E-state index in [1.165, 1.54) is 11.5 Å². The predicted molar refractivity (Wildman–Crippen MR) is 67.7 cm³/mol. The average molecular weight is 236 g/mol. The molecule has 1 N–H and O–H groups in total. The first kappa shape index (κ1) is 11.5. The average Bonchev–Trinajstić information content (AvgIpc) is 2.38. The number of amides is 1. The first-order valence-electron chi connectivity index (χ1n) is 5.49. The summed E-state index contributed by atoms with van der Waals surface area (Å²) in [5.41, 5.74) is 0.730. The smallest absolute Gasteiger partial charge is 0.252 e. The normalized spacial score (nSPS) is 17.0. The van der Waals surface area contributed by atoms with Crippen LogP contribution in [-0.2, 0) is 0 Å². The van der Waals surface area contributed by atoms with Gasteiger partial charge in [0, 0.05) is 30.2 Å². The van der Waals surface area contributed by atoms with Crippen LogP contribution < -0.4 is 5.32 Å². The van der Waals surface area contributed by atoms with Gasteiger partial charge in [0.05, 0.1) is 6.67 Å². The van der Waals surface area contributed by atoms with E-state index in [0.29, 0.717) is 6.67 Å². The molecule has 0 saturated carbocycles. The van der Waals surface area contributed by atoms with Crippen LogP contribution in [0.25, 0.3) is 0 Å². The third kappa shape index (κ3) is 3.25. The van der Waals surface area contributed by atoms with Gasteiger partial charge in [-0.15, -0.1) is 0 Å². The summed E-state index contributed by atoms with van der Waals surface area (Å²) in [7, 11) is 0. The molecule has 0 bridgehead atoms. The van der Waals surface area contributed by atoms with Crippen molar-refractivity contribution in [2.24, 2.45) is 0 Å². The molecule has 1 saturated heterocycles. The zero-order chi connectivity index (χ0) is 11.2. The number of hydrogen-bond acceptors (Lipinski definition) is 3. The largest absolute Gasteiger partial charge is 0.339 e. The lowest BCUT2D eigenvalue weighted by Gasteiger charge is -2.26. The van der Waals surface area contributed by atoms with E-state index < -0.39 is 0 Å². The van der Waals surface area contributed by atoms with Crippen LogP contribution in [-0.4, -0.2) is 42.1 Å². The van der Waals surface area contributed by atoms with Crippen LogP contribution in [0, 0.1) is 0 Å². The highest BCUT2D eigenvalue weighted by Crippen LogP contribution is 2.07. The van der Waals surface area contributed by atoms with E-state index in [1.54, 1.807) is 0 Å². The van der Waals surface area contributed by atoms with Gasteiger partial charge in [-0.05, 0) is 12.1 Å². The van der Waals surface area contributed by atoms with Gasteiger partial charge in [-0.3, -0.25) is 9.69 Å². The molecule has 4 heteroatoms. The Morgan fingerprint density at radius 2 is 1.94 bits per heavy atom. The SMILES string of the molecule is O=C(NCN1CCSCC1)c1ccccc1. The fraction of sp³-hybridized carbons (Fsp3) is 0.417. The van der Waals surface area contributed by atoms with E-state index in [1.807, 2.05) is 42.1 Å². The second-order valence-corrected chi connectivity index (χ2v) is 4.99. The van der Waals surface area contributed by atoms with Gasteiger partial charge >= 0.3 is 0 Å². The third-order valence-electron chi connectivity index (χ3n) is 2.60. The van der Waals surface area contributed by atoms with E-state index in [0.717, 1.165) is 18.7 Å². The quantitative estimate of drug-likeness (QED) is 0.861. The highest BCUT2D eigenvalue weighted by atomic mass is 32.2. The summed E-state index contributed by atoms with van der Waals surface area (Å²) in [6.07, 6.45) is 0. The van der Waals surface area contributed by atoms with Gasteiger partial charge in [-0.1, -0.05) is 18.2 Å². The van der Waals surface area contributed by atoms with Crippen molar-refractivity contribution in [2.45, 2.75) is 0 Å². The van der Waals surface area contributed by atoms with E-state index >= 15 is 0 Å². The molecule has 1 fully saturated rings. The van der Waals surface area contributed by atoms with Crippen LogP contribution in [0.2, 0.25) is 0 Å². The molecule has 1 aromatic rings. The molecule has 0 unspecified atom stereocenters. The summed E-state index contributed by atoms with van der Waals surface area (Å²) in [5, 5.41) is 2.95. The Morgan fingerprint density at radius 3 is 2.62 bits per heavy atom. The van der Waals surface area contributed by atoms with Crippen molar-refractivity contribution in [3.8, 4) is 0 Å². The summed E-state index contributed by atoms with van der Waals surface area (Å²) in [6, 6.07) is 9.35. The molecular formula is C12H16N2OS. The summed E-state index contributed by atoms with van der Waals surface area (Å²) in [6.45, 7) is 2.80. The highest BCUT2D eigenvalue weighted by molar-refractivity contribution is 7.99. The molecule has 1 amide bonds. The summed E-state index contributed by atoms with van der Waals surface area (Å²) in [5.74, 6) is 2.35. The van der Waals surface area contributed by atoms with E-state index in [2.05, 4.69) is 10.2 Å². The summed E-state index contributed by atoms with van der Waals surface area (Å²) in [4.78, 5) is 14.0. The predicted octanol–water partition coefficient (Wildman–Crippen LogP) is 1.42. The van der Waals surface area contributed by atoms with Crippen LogP contribution in [0.5, 0.6) is 0 Å². The van der Waals surface area contributed by atoms with Crippen LogP contribution in [0.1, 0.15) is 10.4 Å². The lowest BCUT2D eigenvalue weighted by molar-refractivity contribution is 0.0926. The Morgan fingerprint density at radius 1 is 1.25 bits per heavy atom. The lowest BCUT2D eigenvalue weighted by Crippen LogP contribution is -2.41. The van der Waals surface area contributed by atoms with E-state index in [-0.39, 0.29) is 5.91 Å². The topological polar surface area (TPSA) is 32.3 Å². The van der Waals surface area contributed by atoms with Crippen molar-refractivity contribution in [1.29, 1.82) is 0 Å². The van der Waals surface area contributed by atoms with E-state index in [4.69, 9.17) is 0 Å². The van der Waals surface area contributed by atoms with Gasteiger partial charge in [0.1, 0.15) is 0 Å². The Labute approximate surface area is 100 Å². The van der Waals surface area contributed by atoms with Gasteiger partial charge in [-0.2, -0.15) is 11.8 Å². The maximum atomic E-state index is 11.7. The molecular weight excluding hydrogens is 220 g/mol. The second-order valence-electron chi connectivity index (χ2n) is 3.76. The van der Waals surface area contributed by atoms with Crippen LogP contribution in [0.4, 0.5) is 0 Å². The van der Waals surface area contributed by atoms with Crippen LogP contribution in [0.15, 0.2) is 30.3 Å². The standard InChI is InChI=1S/C12H16N2OS/c15-12(11-4-2-1-3-5-11)13-10-14-6-8-16-9-7-14/h1-5H,6-10H2,(H,13,15). The minimum Gasteiger partial charge on any atom is -0.339 e. The van der Waals surface area contributed by atoms with Crippen molar-refractivity contribution in [3.05, 3.63) is 35.9 Å². The number of nitrogens with one attached hydrogen (secondary N) is 1. The molecule has 3 nitrogen and oxygen atoms in total. The Hall–Kier alpha value is -1.00. The Kier molecular flexibility index (Phi) is 4.25. The van der Waals surface area contributed by atoms with E-state index in [9.17, 15) is 4.79 Å². The molecule has 0 spiro atoms. The third-order valence-corrected chi connectivity index (χ3v) is 3.55. The van der Waals surface area contributed by atoms with Gasteiger partial charge in [0.15, 0.2) is 0 Å². The number of thioether (sulfide) groups is 1. The molecule has 1 heterocycles. The molecule has 16 heavy (non-hydrogen) atoms. The Balaban J connectivity index is 1.79. The van der Waals surface area contributed by atoms with Crippen LogP contribution >= 0.6 is 11.8 Å². The number of nitrogens with zero attached hydrogens (tertiary/aromatic N) is 1. The molecule has 2 rings (SSSR count). The highest BCUT2D eigenvalue weighted by Gasteiger charge is 2.11. The zero-order valence-corrected chi connectivity index (χ0v) is 10.0. The molecule has 86 valence electrons. The molecule has 1 aliphatic heterocycles. The van der Waals surface area contributed by atoms with Gasteiger partial charge in [0.25, 0.3) is 5.91 Å². The lowest BCUT2D eigenvalue weighted by atomic mass is 10.2. The number of rotatable bonds is 3. The minimum absolute atomic E-state index is 0.0128. The zero-order valence-electron chi connectivity index (χ0n) is 9.19. The van der Waals surface area contributed by atoms with Gasteiger partial charge < -0.3 is 5.32 Å². The fourth-order valence-electron chi connectivity index (χ4n) is 1.63. The molecule has 1 aromatic carbocycles. The fourth-order valence-corrected chi connectivity index (χ4v) is 2.61. The molecule has 0 aliphatic carbocycles. The van der Waals surface area contributed by atoms with Crippen molar-refractivity contribution < 1.29 is 4.79 Å². The second kappa shape index (κ2) is 5.92. The molecule has 0 atom stereocenters. The van der Waals surface area contributed by atoms with Crippen molar-refractivity contribution in [1.82, 2.24) is 10.2 Å². The van der Waals surface area contributed by atoms with Crippen molar-refractivity contribution >= 4 is 17.7 Å². The number of carbonyl (C=O) groups excluding carboxylic acids is 1. The maximum absolute atomic E-state index is 11.7. The first-order chi connectivity index (χ1) is 7.86. The van der Waals surface area contributed by atoms with Gasteiger partial charge in [0.2, 0.25) is 0 Å². The minimum atomic E-state index is 0.0128. The monoisotopic (exact) mass is 236 g/mol. The summed E-state index contributed by atoms with van der Waals surface area (Å²) >= 11 is 1.97. The van der Waals surface area contributed by atoms with Crippen LogP contribution in [0.3, 0.4) is 0 Å². The van der Waals surface area contributed by atoms with Gasteiger partial charge in [-0.25, -0.2) is 0 Å². The molecule has 0 aromatic heterocycles. The van der Waals surface area contributed by atoms with Crippen molar-refractivity contribution in [2.75, 3.05) is 31.3 Å². The summed E-state index contributed by atoms with van der Waals surface area (Å²) < 4.78 is 0. The van der Waals surface area contributed by atoms with Crippen molar-refractivity contribution in [3.63, 3.8) is 0 Å². The first-order valence-corrected chi connectivity index (χ1v) is 6.65. The number of carbonyl (C=O) groups is 1. The number of hydrogen-bond donors (Lipinski definition) is 1. The molecule has 1 aliphatic rings. The maximum Gasteiger partial charge on any atom is 0.252 e.